The van der Waals surface area contributed by atoms with E-state index in [1.807, 2.05) is 23.8 Å². The second-order valence-electron chi connectivity index (χ2n) is 10.4. The van der Waals surface area contributed by atoms with Gasteiger partial charge in [0.2, 0.25) is 11.8 Å². The summed E-state index contributed by atoms with van der Waals surface area (Å²) in [6.07, 6.45) is -1.07. The van der Waals surface area contributed by atoms with Crippen LogP contribution in [-0.2, 0) is 25.6 Å². The standard InChI is InChI=1S/C25H45N5O7/c1-17(2)11-20-12-29(19(4)31)14-23(35-6)25(34)22(32)16-36-10-8-7-9-30(20)24(33)15-28(5)13-21-18(3)26-37-27-21/h17,20,22-23,25,32,34H,7-16H2,1-6H3/t20-,22-,23-,25-/m1/s1. The molecule has 1 saturated heterocycles. The van der Waals surface area contributed by atoms with Crippen LogP contribution in [0.4, 0.5) is 0 Å². The van der Waals surface area contributed by atoms with Crippen molar-refractivity contribution in [3.63, 3.8) is 0 Å². The molecule has 2 N–H and O–H groups in total. The van der Waals surface area contributed by atoms with Crippen LogP contribution in [0.2, 0.25) is 0 Å². The highest BCUT2D eigenvalue weighted by Crippen LogP contribution is 2.18. The minimum atomic E-state index is -1.22. The second-order valence-corrected chi connectivity index (χ2v) is 10.4. The van der Waals surface area contributed by atoms with Crippen LogP contribution in [-0.4, -0.2) is 125 Å². The maximum absolute atomic E-state index is 13.6. The molecule has 0 aromatic carbocycles. The van der Waals surface area contributed by atoms with Gasteiger partial charge in [-0.2, -0.15) is 0 Å². The molecule has 0 unspecified atom stereocenters. The quantitative estimate of drug-likeness (QED) is 0.513. The topological polar surface area (TPSA) is 142 Å². The third-order valence-electron chi connectivity index (χ3n) is 6.66. The Balaban J connectivity index is 2.28. The number of likely N-dealkylation sites (N-methyl/N-ethyl adjacent to an activating group) is 1. The lowest BCUT2D eigenvalue weighted by molar-refractivity contribution is -0.142. The van der Waals surface area contributed by atoms with Crippen molar-refractivity contribution in [1.82, 2.24) is 25.0 Å². The fraction of sp³-hybridized carbons (Fsp3) is 0.840. The highest BCUT2D eigenvalue weighted by atomic mass is 16.6. The number of hydrogen-bond acceptors (Lipinski definition) is 10. The molecule has 37 heavy (non-hydrogen) atoms. The first-order valence-corrected chi connectivity index (χ1v) is 13.0. The molecule has 4 atom stereocenters. The largest absolute Gasteiger partial charge is 0.388 e. The molecule has 2 amide bonds. The Morgan fingerprint density at radius 3 is 2.54 bits per heavy atom. The van der Waals surface area contributed by atoms with Gasteiger partial charge in [0.25, 0.3) is 0 Å². The van der Waals surface area contributed by atoms with Crippen LogP contribution < -0.4 is 0 Å². The molecule has 1 aromatic heterocycles. The lowest BCUT2D eigenvalue weighted by Crippen LogP contribution is -2.54. The van der Waals surface area contributed by atoms with Gasteiger partial charge in [0.15, 0.2) is 0 Å². The smallest absolute Gasteiger partial charge is 0.237 e. The van der Waals surface area contributed by atoms with Crippen molar-refractivity contribution in [2.75, 3.05) is 53.6 Å². The van der Waals surface area contributed by atoms with E-state index in [1.54, 1.807) is 4.90 Å². The molecule has 0 saturated carbocycles. The van der Waals surface area contributed by atoms with Crippen LogP contribution in [0.25, 0.3) is 0 Å². The Kier molecular flexibility index (Phi) is 12.9. The van der Waals surface area contributed by atoms with Gasteiger partial charge in [0.05, 0.1) is 13.2 Å². The van der Waals surface area contributed by atoms with Gasteiger partial charge in [-0.3, -0.25) is 14.5 Å². The Labute approximate surface area is 219 Å². The molecule has 1 aliphatic rings. The van der Waals surface area contributed by atoms with Crippen molar-refractivity contribution < 1.29 is 33.9 Å². The maximum Gasteiger partial charge on any atom is 0.237 e. The van der Waals surface area contributed by atoms with Gasteiger partial charge in [0, 0.05) is 52.9 Å². The van der Waals surface area contributed by atoms with Gasteiger partial charge in [-0.05, 0) is 39.2 Å². The number of rotatable bonds is 7. The molecule has 0 radical (unpaired) electrons. The fourth-order valence-corrected chi connectivity index (χ4v) is 4.54. The molecule has 2 rings (SSSR count). The summed E-state index contributed by atoms with van der Waals surface area (Å²) in [5.74, 6) is 0.0421. The van der Waals surface area contributed by atoms with Crippen molar-refractivity contribution >= 4 is 11.8 Å². The summed E-state index contributed by atoms with van der Waals surface area (Å²) in [4.78, 5) is 31.6. The van der Waals surface area contributed by atoms with Gasteiger partial charge in [-0.25, -0.2) is 4.63 Å². The molecule has 1 aliphatic heterocycles. The highest BCUT2D eigenvalue weighted by Gasteiger charge is 2.33. The van der Waals surface area contributed by atoms with Crippen LogP contribution in [0.1, 0.15) is 51.4 Å². The number of ether oxygens (including phenoxy) is 2. The number of carbonyl (C=O) groups excluding carboxylic acids is 2. The molecule has 212 valence electrons. The molecule has 12 heteroatoms. The first-order chi connectivity index (χ1) is 17.5. The van der Waals surface area contributed by atoms with E-state index in [4.69, 9.17) is 14.1 Å². The van der Waals surface area contributed by atoms with Crippen LogP contribution in [0.5, 0.6) is 0 Å². The zero-order chi connectivity index (χ0) is 27.5. The zero-order valence-corrected chi connectivity index (χ0v) is 23.1. The molecular weight excluding hydrogens is 482 g/mol. The molecule has 1 fully saturated rings. The van der Waals surface area contributed by atoms with Gasteiger partial charge in [0.1, 0.15) is 29.7 Å². The Morgan fingerprint density at radius 2 is 1.95 bits per heavy atom. The van der Waals surface area contributed by atoms with Gasteiger partial charge in [-0.1, -0.05) is 24.2 Å². The van der Waals surface area contributed by atoms with Crippen molar-refractivity contribution in [2.24, 2.45) is 5.92 Å². The zero-order valence-electron chi connectivity index (χ0n) is 23.1. The van der Waals surface area contributed by atoms with Crippen molar-refractivity contribution in [3.05, 3.63) is 11.4 Å². The minimum Gasteiger partial charge on any atom is -0.388 e. The summed E-state index contributed by atoms with van der Waals surface area (Å²) in [6, 6.07) is -0.233. The number of carbonyl (C=O) groups is 2. The highest BCUT2D eigenvalue weighted by molar-refractivity contribution is 5.79. The van der Waals surface area contributed by atoms with E-state index in [0.717, 1.165) is 0 Å². The first kappa shape index (κ1) is 31.1. The lowest BCUT2D eigenvalue weighted by Gasteiger charge is -2.39. The van der Waals surface area contributed by atoms with E-state index >= 15 is 0 Å². The van der Waals surface area contributed by atoms with Crippen molar-refractivity contribution in [2.45, 2.75) is 77.9 Å². The molecule has 2 heterocycles. The van der Waals surface area contributed by atoms with E-state index in [2.05, 4.69) is 24.2 Å². The molecular formula is C25H45N5O7. The fourth-order valence-electron chi connectivity index (χ4n) is 4.54. The summed E-state index contributed by atoms with van der Waals surface area (Å²) in [5, 5.41) is 28.7. The summed E-state index contributed by atoms with van der Waals surface area (Å²) >= 11 is 0. The second kappa shape index (κ2) is 15.3. The molecule has 1 aromatic rings. The third kappa shape index (κ3) is 9.93. The monoisotopic (exact) mass is 527 g/mol. The number of amides is 2. The third-order valence-corrected chi connectivity index (χ3v) is 6.66. The average Bonchev–Trinajstić information content (AvgIpc) is 3.22. The van der Waals surface area contributed by atoms with E-state index in [0.29, 0.717) is 56.9 Å². The lowest BCUT2D eigenvalue weighted by atomic mass is 10.00. The Bertz CT molecular complexity index is 836. The molecule has 0 bridgehead atoms. The van der Waals surface area contributed by atoms with Crippen molar-refractivity contribution in [1.29, 1.82) is 0 Å². The predicted octanol–water partition coefficient (Wildman–Crippen LogP) is 0.449. The summed E-state index contributed by atoms with van der Waals surface area (Å²) in [6.45, 7) is 9.30. The normalized spacial score (nSPS) is 24.9. The van der Waals surface area contributed by atoms with Crippen LogP contribution in [0.3, 0.4) is 0 Å². The first-order valence-electron chi connectivity index (χ1n) is 13.0. The number of aromatic nitrogens is 2. The summed E-state index contributed by atoms with van der Waals surface area (Å²) < 4.78 is 15.8. The SMILES string of the molecule is CO[C@@H]1CN(C(C)=O)C[C@@H](CC(C)C)N(C(=O)CN(C)Cc2nonc2C)CCCCOC[C@@H](O)[C@H]1O. The van der Waals surface area contributed by atoms with Crippen LogP contribution >= 0.6 is 0 Å². The maximum atomic E-state index is 13.6. The Morgan fingerprint density at radius 1 is 1.22 bits per heavy atom. The van der Waals surface area contributed by atoms with Gasteiger partial charge in [-0.15, -0.1) is 0 Å². The van der Waals surface area contributed by atoms with Crippen LogP contribution in [0.15, 0.2) is 4.63 Å². The molecule has 12 nitrogen and oxygen atoms in total. The van der Waals surface area contributed by atoms with Gasteiger partial charge < -0.3 is 29.5 Å². The van der Waals surface area contributed by atoms with Gasteiger partial charge >= 0.3 is 0 Å². The Hall–Kier alpha value is -2.12. The van der Waals surface area contributed by atoms with E-state index in [9.17, 15) is 19.8 Å². The van der Waals surface area contributed by atoms with E-state index in [-0.39, 0.29) is 43.5 Å². The summed E-state index contributed by atoms with van der Waals surface area (Å²) in [5.41, 5.74) is 1.37. The number of nitrogens with zero attached hydrogens (tertiary/aromatic N) is 5. The number of aliphatic hydroxyl groups excluding tert-OH is 2. The number of aryl methyl sites for hydroxylation is 1. The number of hydrogen-bond donors (Lipinski definition) is 2. The average molecular weight is 528 g/mol. The number of methoxy groups -OCH3 is 1. The van der Waals surface area contributed by atoms with Crippen molar-refractivity contribution in [3.8, 4) is 0 Å². The molecule has 0 spiro atoms. The minimum absolute atomic E-state index is 0.0408. The van der Waals surface area contributed by atoms with E-state index < -0.39 is 18.3 Å². The number of aliphatic hydroxyl groups is 2. The molecule has 0 aliphatic carbocycles. The summed E-state index contributed by atoms with van der Waals surface area (Å²) in [7, 11) is 3.28. The van der Waals surface area contributed by atoms with E-state index in [1.165, 1.54) is 14.0 Å². The van der Waals surface area contributed by atoms with Crippen LogP contribution in [0, 0.1) is 12.8 Å². The predicted molar refractivity (Wildman–Crippen MR) is 135 cm³/mol.